The summed E-state index contributed by atoms with van der Waals surface area (Å²) in [5.41, 5.74) is 1.87. The molecule has 0 bridgehead atoms. The molecule has 0 saturated heterocycles. The summed E-state index contributed by atoms with van der Waals surface area (Å²) >= 11 is 0. The third-order valence-electron chi connectivity index (χ3n) is 4.67. The number of ether oxygens (including phenoxy) is 1. The zero-order valence-electron chi connectivity index (χ0n) is 15.7. The van der Waals surface area contributed by atoms with Gasteiger partial charge >= 0.3 is 0 Å². The Morgan fingerprint density at radius 1 is 1.15 bits per heavy atom. The number of anilines is 1. The molecule has 0 fully saturated rings. The molecule has 1 heterocycles. The Bertz CT molecular complexity index is 792. The van der Waals surface area contributed by atoms with Crippen molar-refractivity contribution < 1.29 is 14.3 Å². The van der Waals surface area contributed by atoms with Gasteiger partial charge in [-0.1, -0.05) is 42.5 Å². The highest BCUT2D eigenvalue weighted by atomic mass is 16.5. The summed E-state index contributed by atoms with van der Waals surface area (Å²) in [6, 6.07) is 17.6. The summed E-state index contributed by atoms with van der Waals surface area (Å²) in [6.07, 6.45) is 0.245. The summed E-state index contributed by atoms with van der Waals surface area (Å²) in [4.78, 5) is 28.2. The van der Waals surface area contributed by atoms with E-state index in [9.17, 15) is 9.59 Å². The van der Waals surface area contributed by atoms with Crippen LogP contribution in [0.3, 0.4) is 0 Å². The molecule has 0 radical (unpaired) electrons. The monoisotopic (exact) mass is 367 g/mol. The van der Waals surface area contributed by atoms with E-state index in [0.717, 1.165) is 11.3 Å². The van der Waals surface area contributed by atoms with Crippen LogP contribution in [0.1, 0.15) is 18.0 Å². The minimum atomic E-state index is -0.128. The van der Waals surface area contributed by atoms with Gasteiger partial charge in [-0.3, -0.25) is 9.59 Å². The van der Waals surface area contributed by atoms with E-state index in [1.165, 1.54) is 0 Å². The molecule has 0 aliphatic carbocycles. The Balaban J connectivity index is 1.56. The van der Waals surface area contributed by atoms with E-state index in [1.54, 1.807) is 4.90 Å². The van der Waals surface area contributed by atoms with Crippen molar-refractivity contribution in [1.82, 2.24) is 10.2 Å². The molecular formula is C21H25N3O3. The fraction of sp³-hybridized carbons (Fsp3) is 0.333. The molecule has 1 aliphatic rings. The molecule has 2 amide bonds. The summed E-state index contributed by atoms with van der Waals surface area (Å²) in [7, 11) is 3.99. The molecule has 2 aromatic carbocycles. The molecule has 0 aromatic heterocycles. The van der Waals surface area contributed by atoms with Gasteiger partial charge in [0.25, 0.3) is 5.91 Å². The minimum absolute atomic E-state index is 0.00927. The van der Waals surface area contributed by atoms with Crippen molar-refractivity contribution in [2.75, 3.05) is 38.7 Å². The van der Waals surface area contributed by atoms with Crippen LogP contribution in [0.2, 0.25) is 0 Å². The van der Waals surface area contributed by atoms with Crippen LogP contribution < -0.4 is 15.0 Å². The lowest BCUT2D eigenvalue weighted by Gasteiger charge is -2.29. The molecular weight excluding hydrogens is 342 g/mol. The van der Waals surface area contributed by atoms with Gasteiger partial charge < -0.3 is 19.9 Å². The van der Waals surface area contributed by atoms with E-state index in [0.29, 0.717) is 18.8 Å². The topological polar surface area (TPSA) is 61.9 Å². The Morgan fingerprint density at radius 2 is 1.85 bits per heavy atom. The molecule has 2 aromatic rings. The van der Waals surface area contributed by atoms with Gasteiger partial charge in [0.1, 0.15) is 5.75 Å². The van der Waals surface area contributed by atoms with Crippen LogP contribution in [0, 0.1) is 0 Å². The van der Waals surface area contributed by atoms with Gasteiger partial charge in [0.05, 0.1) is 11.7 Å². The normalized spacial score (nSPS) is 14.5. The first-order chi connectivity index (χ1) is 13.1. The summed E-state index contributed by atoms with van der Waals surface area (Å²) in [5, 5.41) is 2.99. The van der Waals surface area contributed by atoms with Gasteiger partial charge in [-0.05, 0) is 31.8 Å². The number of nitrogens with one attached hydrogen (secondary N) is 1. The predicted molar refractivity (Wildman–Crippen MR) is 105 cm³/mol. The molecule has 0 spiro atoms. The second-order valence-electron chi connectivity index (χ2n) is 6.75. The van der Waals surface area contributed by atoms with Crippen molar-refractivity contribution in [3.63, 3.8) is 0 Å². The van der Waals surface area contributed by atoms with Gasteiger partial charge in [0, 0.05) is 19.5 Å². The smallest absolute Gasteiger partial charge is 0.265 e. The average Bonchev–Trinajstić information content (AvgIpc) is 2.68. The van der Waals surface area contributed by atoms with Crippen molar-refractivity contribution in [2.24, 2.45) is 0 Å². The van der Waals surface area contributed by atoms with Gasteiger partial charge in [0.2, 0.25) is 5.91 Å². The zero-order valence-corrected chi connectivity index (χ0v) is 15.7. The maximum Gasteiger partial charge on any atom is 0.265 e. The number of hydrogen-bond acceptors (Lipinski definition) is 4. The van der Waals surface area contributed by atoms with E-state index in [2.05, 4.69) is 22.3 Å². The number of para-hydroxylation sites is 2. The maximum atomic E-state index is 12.4. The highest BCUT2D eigenvalue weighted by molar-refractivity contribution is 5.98. The number of amides is 2. The third kappa shape index (κ3) is 4.65. The Kier molecular flexibility index (Phi) is 6.08. The van der Waals surface area contributed by atoms with Crippen molar-refractivity contribution in [3.05, 3.63) is 60.2 Å². The number of carbonyl (C=O) groups is 2. The second-order valence-corrected chi connectivity index (χ2v) is 6.75. The molecule has 6 heteroatoms. The van der Waals surface area contributed by atoms with Crippen molar-refractivity contribution in [2.45, 2.75) is 12.5 Å². The van der Waals surface area contributed by atoms with Crippen LogP contribution in [0.25, 0.3) is 0 Å². The second kappa shape index (κ2) is 8.68. The molecule has 27 heavy (non-hydrogen) atoms. The predicted octanol–water partition coefficient (Wildman–Crippen LogP) is 2.22. The van der Waals surface area contributed by atoms with Crippen LogP contribution in [0.5, 0.6) is 5.75 Å². The van der Waals surface area contributed by atoms with Gasteiger partial charge in [-0.25, -0.2) is 0 Å². The lowest BCUT2D eigenvalue weighted by molar-refractivity contribution is -0.122. The van der Waals surface area contributed by atoms with Crippen LogP contribution in [0.4, 0.5) is 5.69 Å². The van der Waals surface area contributed by atoms with Crippen molar-refractivity contribution >= 4 is 17.5 Å². The van der Waals surface area contributed by atoms with E-state index < -0.39 is 0 Å². The first-order valence-corrected chi connectivity index (χ1v) is 9.06. The molecule has 0 unspecified atom stereocenters. The fourth-order valence-electron chi connectivity index (χ4n) is 3.19. The number of likely N-dealkylation sites (N-methyl/N-ethyl adjacent to an activating group) is 1. The number of fused-ring (bicyclic) bond motifs is 1. The quantitative estimate of drug-likeness (QED) is 0.815. The third-order valence-corrected chi connectivity index (χ3v) is 4.67. The minimum Gasteiger partial charge on any atom is -0.482 e. The number of nitrogens with zero attached hydrogens (tertiary/aromatic N) is 2. The zero-order chi connectivity index (χ0) is 19.2. The number of hydrogen-bond donors (Lipinski definition) is 1. The van der Waals surface area contributed by atoms with E-state index in [1.807, 2.05) is 56.6 Å². The Morgan fingerprint density at radius 3 is 2.59 bits per heavy atom. The average molecular weight is 367 g/mol. The van der Waals surface area contributed by atoms with Crippen LogP contribution >= 0.6 is 0 Å². The van der Waals surface area contributed by atoms with Gasteiger partial charge in [0.15, 0.2) is 6.61 Å². The van der Waals surface area contributed by atoms with Crippen molar-refractivity contribution in [1.29, 1.82) is 0 Å². The Hall–Kier alpha value is -2.86. The number of rotatable bonds is 7. The molecule has 3 rings (SSSR count). The molecule has 1 N–H and O–H groups in total. The first kappa shape index (κ1) is 18.9. The van der Waals surface area contributed by atoms with Crippen LogP contribution in [-0.4, -0.2) is 50.5 Å². The fourth-order valence-corrected chi connectivity index (χ4v) is 3.19. The largest absolute Gasteiger partial charge is 0.482 e. The van der Waals surface area contributed by atoms with E-state index in [4.69, 9.17) is 4.74 Å². The summed E-state index contributed by atoms with van der Waals surface area (Å²) in [6.45, 7) is 0.863. The van der Waals surface area contributed by atoms with Gasteiger partial charge in [-0.2, -0.15) is 0 Å². The van der Waals surface area contributed by atoms with E-state index in [-0.39, 0.29) is 30.9 Å². The first-order valence-electron chi connectivity index (χ1n) is 9.06. The summed E-state index contributed by atoms with van der Waals surface area (Å²) in [5.74, 6) is 0.473. The summed E-state index contributed by atoms with van der Waals surface area (Å²) < 4.78 is 5.43. The Labute approximate surface area is 159 Å². The highest BCUT2D eigenvalue weighted by Gasteiger charge is 2.25. The molecule has 0 saturated carbocycles. The van der Waals surface area contributed by atoms with Crippen LogP contribution in [0.15, 0.2) is 54.6 Å². The lowest BCUT2D eigenvalue weighted by atomic mass is 10.1. The lowest BCUT2D eigenvalue weighted by Crippen LogP contribution is -2.41. The van der Waals surface area contributed by atoms with Gasteiger partial charge in [-0.15, -0.1) is 0 Å². The number of carbonyl (C=O) groups excluding carboxylic acids is 2. The van der Waals surface area contributed by atoms with Crippen molar-refractivity contribution in [3.8, 4) is 5.75 Å². The van der Waals surface area contributed by atoms with Crippen LogP contribution in [-0.2, 0) is 9.59 Å². The molecule has 142 valence electrons. The van der Waals surface area contributed by atoms with E-state index >= 15 is 0 Å². The molecule has 6 nitrogen and oxygen atoms in total. The SMILES string of the molecule is CN(C)[C@H](CNC(=O)CCN1C(=O)COc2ccccc21)c1ccccc1. The standard InChI is InChI=1S/C21H25N3O3/c1-23(2)18(16-8-4-3-5-9-16)14-22-20(25)12-13-24-17-10-6-7-11-19(17)27-15-21(24)26/h3-11,18H,12-15H2,1-2H3,(H,22,25)/t18-/m1/s1. The number of benzene rings is 2. The maximum absolute atomic E-state index is 12.4. The molecule has 1 aliphatic heterocycles. The highest BCUT2D eigenvalue weighted by Crippen LogP contribution is 2.31. The molecule has 1 atom stereocenters.